The molecule has 1 aromatic carbocycles. The van der Waals surface area contributed by atoms with Crippen LogP contribution in [0, 0.1) is 0 Å². The Balaban J connectivity index is 1.94. The molecule has 2 aromatic rings. The molecule has 0 saturated carbocycles. The number of carbonyl (C=O) groups excluding carboxylic acids is 1. The highest BCUT2D eigenvalue weighted by molar-refractivity contribution is 6.30. The first-order chi connectivity index (χ1) is 11.7. The summed E-state index contributed by atoms with van der Waals surface area (Å²) in [5, 5.41) is -0.572. The number of halogens is 4. The van der Waals surface area contributed by atoms with Crippen LogP contribution < -0.4 is 10.5 Å². The lowest BCUT2D eigenvalue weighted by Crippen LogP contribution is -2.40. The van der Waals surface area contributed by atoms with E-state index in [-0.39, 0.29) is 6.04 Å². The third kappa shape index (κ3) is 3.28. The Morgan fingerprint density at radius 2 is 2.00 bits per heavy atom. The Morgan fingerprint density at radius 1 is 1.32 bits per heavy atom. The number of carbonyl (C=O) groups is 1. The second-order valence-corrected chi connectivity index (χ2v) is 6.36. The molecule has 132 valence electrons. The maximum Gasteiger partial charge on any atom is 0.417 e. The molecule has 0 aliphatic carbocycles. The van der Waals surface area contributed by atoms with E-state index in [1.165, 1.54) is 4.90 Å². The number of para-hydroxylation sites is 1. The zero-order valence-electron chi connectivity index (χ0n) is 13.2. The monoisotopic (exact) mass is 370 g/mol. The van der Waals surface area contributed by atoms with E-state index in [0.717, 1.165) is 5.56 Å². The highest BCUT2D eigenvalue weighted by Crippen LogP contribution is 2.32. The molecule has 2 heterocycles. The van der Waals surface area contributed by atoms with Gasteiger partial charge in [-0.2, -0.15) is 13.2 Å². The quantitative estimate of drug-likeness (QED) is 0.812. The molecule has 25 heavy (non-hydrogen) atoms. The van der Waals surface area contributed by atoms with Crippen LogP contribution in [-0.4, -0.2) is 16.5 Å². The lowest BCUT2D eigenvalue weighted by atomic mass is 10.1. The maximum atomic E-state index is 12.9. The zero-order valence-corrected chi connectivity index (χ0v) is 13.9. The van der Waals surface area contributed by atoms with Crippen LogP contribution in [0.5, 0.6) is 0 Å². The minimum atomic E-state index is -4.66. The third-order valence-corrected chi connectivity index (χ3v) is 4.42. The second kappa shape index (κ2) is 6.22. The fraction of sp³-hybridized carbons (Fsp3) is 0.294. The average Bonchev–Trinajstić information content (AvgIpc) is 2.86. The standard InChI is InChI=1S/C17H14ClF3N2O2/c1-10-6-11-4-2-3-5-14(11)23(10)15(24)9-22-8-12(17(19,20)21)7-13(18)16(22)25/h2-5,7-8,10H,6,9H2,1H3/t10-/m0/s1. The fourth-order valence-electron chi connectivity index (χ4n) is 3.04. The van der Waals surface area contributed by atoms with Gasteiger partial charge in [-0.1, -0.05) is 29.8 Å². The van der Waals surface area contributed by atoms with Crippen LogP contribution in [-0.2, 0) is 23.9 Å². The van der Waals surface area contributed by atoms with Crippen molar-refractivity contribution in [3.8, 4) is 0 Å². The van der Waals surface area contributed by atoms with Crippen LogP contribution >= 0.6 is 11.6 Å². The van der Waals surface area contributed by atoms with Gasteiger partial charge in [-0.3, -0.25) is 9.59 Å². The summed E-state index contributed by atoms with van der Waals surface area (Å²) in [5.74, 6) is -0.463. The van der Waals surface area contributed by atoms with Crippen LogP contribution in [0.25, 0.3) is 0 Å². The number of nitrogens with zero attached hydrogens (tertiary/aromatic N) is 2. The van der Waals surface area contributed by atoms with Crippen molar-refractivity contribution in [2.45, 2.75) is 32.1 Å². The van der Waals surface area contributed by atoms with Gasteiger partial charge < -0.3 is 9.47 Å². The van der Waals surface area contributed by atoms with E-state index in [4.69, 9.17) is 11.6 Å². The number of amides is 1. The SMILES string of the molecule is C[C@H]1Cc2ccccc2N1C(=O)Cn1cc(C(F)(F)F)cc(Cl)c1=O. The zero-order chi connectivity index (χ0) is 18.4. The van der Waals surface area contributed by atoms with Gasteiger partial charge in [0.05, 0.1) is 5.56 Å². The first-order valence-electron chi connectivity index (χ1n) is 7.55. The van der Waals surface area contributed by atoms with E-state index in [2.05, 4.69) is 0 Å². The van der Waals surface area contributed by atoms with Crippen molar-refractivity contribution in [2.24, 2.45) is 0 Å². The van der Waals surface area contributed by atoms with E-state index >= 15 is 0 Å². The molecule has 1 atom stereocenters. The summed E-state index contributed by atoms with van der Waals surface area (Å²) in [6, 6.07) is 7.74. The van der Waals surface area contributed by atoms with Gasteiger partial charge in [-0.05, 0) is 31.0 Å². The molecule has 8 heteroatoms. The van der Waals surface area contributed by atoms with Gasteiger partial charge in [0, 0.05) is 17.9 Å². The molecule has 1 amide bonds. The van der Waals surface area contributed by atoms with Crippen molar-refractivity contribution in [3.05, 3.63) is 63.0 Å². The van der Waals surface area contributed by atoms with Crippen LogP contribution in [0.2, 0.25) is 5.02 Å². The number of pyridine rings is 1. The summed E-state index contributed by atoms with van der Waals surface area (Å²) in [6.45, 7) is 1.33. The number of fused-ring (bicyclic) bond motifs is 1. The first kappa shape index (κ1) is 17.5. The van der Waals surface area contributed by atoms with Gasteiger partial charge in [0.25, 0.3) is 5.56 Å². The minimum Gasteiger partial charge on any atom is -0.307 e. The largest absolute Gasteiger partial charge is 0.417 e. The van der Waals surface area contributed by atoms with Crippen molar-refractivity contribution in [2.75, 3.05) is 4.90 Å². The summed E-state index contributed by atoms with van der Waals surface area (Å²) in [5.41, 5.74) is -0.202. The Hall–Kier alpha value is -2.28. The topological polar surface area (TPSA) is 42.3 Å². The first-order valence-corrected chi connectivity index (χ1v) is 7.93. The van der Waals surface area contributed by atoms with Crippen LogP contribution in [0.1, 0.15) is 18.1 Å². The number of hydrogen-bond acceptors (Lipinski definition) is 2. The van der Waals surface area contributed by atoms with Crippen molar-refractivity contribution in [3.63, 3.8) is 0 Å². The third-order valence-electron chi connectivity index (χ3n) is 4.15. The Morgan fingerprint density at radius 3 is 2.68 bits per heavy atom. The second-order valence-electron chi connectivity index (χ2n) is 5.95. The number of rotatable bonds is 2. The molecule has 0 fully saturated rings. The van der Waals surface area contributed by atoms with Crippen molar-refractivity contribution in [1.82, 2.24) is 4.57 Å². The summed E-state index contributed by atoms with van der Waals surface area (Å²) in [6.07, 6.45) is -3.38. The number of aromatic nitrogens is 1. The van der Waals surface area contributed by atoms with E-state index in [1.54, 1.807) is 12.1 Å². The molecule has 1 aliphatic heterocycles. The molecule has 0 N–H and O–H groups in total. The van der Waals surface area contributed by atoms with Gasteiger partial charge in [0.15, 0.2) is 0 Å². The van der Waals surface area contributed by atoms with E-state index < -0.39 is 34.8 Å². The Kier molecular flexibility index (Phi) is 4.36. The fourth-order valence-corrected chi connectivity index (χ4v) is 3.27. The van der Waals surface area contributed by atoms with Gasteiger partial charge in [-0.25, -0.2) is 0 Å². The Bertz CT molecular complexity index is 892. The summed E-state index contributed by atoms with van der Waals surface area (Å²) >= 11 is 5.62. The van der Waals surface area contributed by atoms with Gasteiger partial charge in [0.1, 0.15) is 11.6 Å². The Labute approximate surface area is 146 Å². The van der Waals surface area contributed by atoms with Gasteiger partial charge in [-0.15, -0.1) is 0 Å². The molecule has 0 bridgehead atoms. The summed E-state index contributed by atoms with van der Waals surface area (Å²) in [4.78, 5) is 26.2. The number of alkyl halides is 3. The number of anilines is 1. The molecule has 1 aliphatic rings. The lowest BCUT2D eigenvalue weighted by Gasteiger charge is -2.23. The van der Waals surface area contributed by atoms with Gasteiger partial charge in [0.2, 0.25) is 5.91 Å². The van der Waals surface area contributed by atoms with Crippen LogP contribution in [0.15, 0.2) is 41.3 Å². The summed E-state index contributed by atoms with van der Waals surface area (Å²) < 4.78 is 39.4. The maximum absolute atomic E-state index is 12.9. The summed E-state index contributed by atoms with van der Waals surface area (Å²) in [7, 11) is 0. The highest BCUT2D eigenvalue weighted by atomic mass is 35.5. The van der Waals surface area contributed by atoms with Crippen LogP contribution in [0.4, 0.5) is 18.9 Å². The lowest BCUT2D eigenvalue weighted by molar-refractivity contribution is -0.138. The van der Waals surface area contributed by atoms with E-state index in [9.17, 15) is 22.8 Å². The predicted octanol–water partition coefficient (Wildman–Crippen LogP) is 3.50. The van der Waals surface area contributed by atoms with Crippen molar-refractivity contribution >= 4 is 23.2 Å². The molecular formula is C17H14ClF3N2O2. The molecule has 0 unspecified atom stereocenters. The highest BCUT2D eigenvalue weighted by Gasteiger charge is 2.34. The average molecular weight is 371 g/mol. The molecular weight excluding hydrogens is 357 g/mol. The van der Waals surface area contributed by atoms with Crippen LogP contribution in [0.3, 0.4) is 0 Å². The van der Waals surface area contributed by atoms with E-state index in [1.807, 2.05) is 19.1 Å². The molecule has 0 saturated heterocycles. The van der Waals surface area contributed by atoms with Crippen molar-refractivity contribution in [1.29, 1.82) is 0 Å². The molecule has 0 spiro atoms. The molecule has 4 nitrogen and oxygen atoms in total. The van der Waals surface area contributed by atoms with E-state index in [0.29, 0.717) is 28.9 Å². The molecule has 1 aromatic heterocycles. The van der Waals surface area contributed by atoms with Crippen molar-refractivity contribution < 1.29 is 18.0 Å². The predicted molar refractivity (Wildman–Crippen MR) is 87.8 cm³/mol. The minimum absolute atomic E-state index is 0.137. The smallest absolute Gasteiger partial charge is 0.307 e. The number of benzene rings is 1. The van der Waals surface area contributed by atoms with Gasteiger partial charge >= 0.3 is 6.18 Å². The molecule has 0 radical (unpaired) electrons. The normalized spacial score (nSPS) is 16.8. The number of hydrogen-bond donors (Lipinski definition) is 0. The molecule has 3 rings (SSSR count).